The van der Waals surface area contributed by atoms with Crippen molar-refractivity contribution in [3.8, 4) is 5.69 Å². The van der Waals surface area contributed by atoms with Gasteiger partial charge < -0.3 is 5.73 Å². The van der Waals surface area contributed by atoms with Crippen molar-refractivity contribution in [3.63, 3.8) is 0 Å². The van der Waals surface area contributed by atoms with E-state index in [0.29, 0.717) is 5.69 Å². The average molecular weight is 282 g/mol. The number of hydrogen-bond acceptors (Lipinski definition) is 4. The van der Waals surface area contributed by atoms with Crippen molar-refractivity contribution in [1.82, 2.24) is 15.0 Å². The molecule has 0 radical (unpaired) electrons. The molecule has 0 atom stereocenters. The van der Waals surface area contributed by atoms with Gasteiger partial charge in [-0.1, -0.05) is 23.4 Å². The first kappa shape index (κ1) is 13.0. The molecule has 6 heteroatoms. The third kappa shape index (κ3) is 2.38. The summed E-state index contributed by atoms with van der Waals surface area (Å²) in [5.74, 6) is -0.952. The SMILES string of the molecule is Nc1ccc(F)cc1C(=O)c1cnnn1-c1ccccc1. The van der Waals surface area contributed by atoms with Gasteiger partial charge >= 0.3 is 0 Å². The van der Waals surface area contributed by atoms with Crippen LogP contribution in [0.4, 0.5) is 10.1 Å². The summed E-state index contributed by atoms with van der Waals surface area (Å²) in [5.41, 5.74) is 6.96. The van der Waals surface area contributed by atoms with Crippen LogP contribution in [0.2, 0.25) is 0 Å². The molecule has 0 saturated carbocycles. The molecule has 0 amide bonds. The quantitative estimate of drug-likeness (QED) is 0.590. The number of carbonyl (C=O) groups excluding carboxylic acids is 1. The number of halogens is 1. The van der Waals surface area contributed by atoms with Crippen molar-refractivity contribution >= 4 is 11.5 Å². The number of aromatic nitrogens is 3. The molecular weight excluding hydrogens is 271 g/mol. The Kier molecular flexibility index (Phi) is 3.19. The van der Waals surface area contributed by atoms with E-state index in [9.17, 15) is 9.18 Å². The van der Waals surface area contributed by atoms with Crippen molar-refractivity contribution in [2.75, 3.05) is 5.73 Å². The number of anilines is 1. The van der Waals surface area contributed by atoms with Crippen LogP contribution in [0.25, 0.3) is 5.69 Å². The molecular formula is C15H11FN4O. The van der Waals surface area contributed by atoms with E-state index in [-0.39, 0.29) is 16.9 Å². The van der Waals surface area contributed by atoms with E-state index in [1.807, 2.05) is 18.2 Å². The molecule has 104 valence electrons. The van der Waals surface area contributed by atoms with Crippen LogP contribution in [-0.4, -0.2) is 20.8 Å². The lowest BCUT2D eigenvalue weighted by atomic mass is 10.1. The number of nitrogen functional groups attached to an aromatic ring is 1. The first-order valence-electron chi connectivity index (χ1n) is 6.22. The molecule has 0 aliphatic heterocycles. The summed E-state index contributed by atoms with van der Waals surface area (Å²) in [4.78, 5) is 12.5. The van der Waals surface area contributed by atoms with Gasteiger partial charge in [-0.2, -0.15) is 0 Å². The van der Waals surface area contributed by atoms with E-state index in [1.54, 1.807) is 12.1 Å². The Morgan fingerprint density at radius 2 is 1.90 bits per heavy atom. The van der Waals surface area contributed by atoms with Crippen LogP contribution in [0, 0.1) is 5.82 Å². The highest BCUT2D eigenvalue weighted by Crippen LogP contribution is 2.19. The summed E-state index contributed by atoms with van der Waals surface area (Å²) in [5, 5.41) is 7.65. The Morgan fingerprint density at radius 1 is 1.14 bits per heavy atom. The summed E-state index contributed by atoms with van der Waals surface area (Å²) in [6, 6.07) is 12.8. The van der Waals surface area contributed by atoms with Gasteiger partial charge in [0.2, 0.25) is 5.78 Å². The van der Waals surface area contributed by atoms with Crippen molar-refractivity contribution in [3.05, 3.63) is 71.8 Å². The van der Waals surface area contributed by atoms with Crippen LogP contribution in [-0.2, 0) is 0 Å². The monoisotopic (exact) mass is 282 g/mol. The Balaban J connectivity index is 2.08. The predicted octanol–water partition coefficient (Wildman–Crippen LogP) is 2.22. The van der Waals surface area contributed by atoms with Crippen molar-refractivity contribution < 1.29 is 9.18 Å². The molecule has 21 heavy (non-hydrogen) atoms. The zero-order valence-electron chi connectivity index (χ0n) is 10.9. The van der Waals surface area contributed by atoms with Gasteiger partial charge in [0.05, 0.1) is 17.4 Å². The van der Waals surface area contributed by atoms with E-state index in [1.165, 1.54) is 23.0 Å². The van der Waals surface area contributed by atoms with E-state index in [2.05, 4.69) is 10.3 Å². The topological polar surface area (TPSA) is 73.8 Å². The van der Waals surface area contributed by atoms with Crippen molar-refractivity contribution in [1.29, 1.82) is 0 Å². The second-order valence-electron chi connectivity index (χ2n) is 4.43. The fourth-order valence-electron chi connectivity index (χ4n) is 2.01. The Hall–Kier alpha value is -3.02. The van der Waals surface area contributed by atoms with Gasteiger partial charge in [0, 0.05) is 5.69 Å². The molecule has 2 aromatic carbocycles. The second kappa shape index (κ2) is 5.16. The minimum atomic E-state index is -0.522. The molecule has 0 saturated heterocycles. The Labute approximate surface area is 119 Å². The van der Waals surface area contributed by atoms with E-state index >= 15 is 0 Å². The lowest BCUT2D eigenvalue weighted by Crippen LogP contribution is -2.12. The van der Waals surface area contributed by atoms with Crippen molar-refractivity contribution in [2.24, 2.45) is 0 Å². The van der Waals surface area contributed by atoms with Gasteiger partial charge in [-0.15, -0.1) is 5.10 Å². The molecule has 3 aromatic rings. The summed E-state index contributed by atoms with van der Waals surface area (Å²) in [7, 11) is 0. The maximum Gasteiger partial charge on any atom is 0.215 e. The molecule has 0 aliphatic carbocycles. The first-order valence-corrected chi connectivity index (χ1v) is 6.22. The lowest BCUT2D eigenvalue weighted by molar-refractivity contribution is 0.103. The van der Waals surface area contributed by atoms with Crippen LogP contribution in [0.15, 0.2) is 54.7 Å². The number of hydrogen-bond donors (Lipinski definition) is 1. The predicted molar refractivity (Wildman–Crippen MR) is 75.6 cm³/mol. The standard InChI is InChI=1S/C15H11FN4O/c16-10-6-7-13(17)12(8-10)15(21)14-9-18-19-20(14)11-4-2-1-3-5-11/h1-9H,17H2. The Bertz CT molecular complexity index is 798. The van der Waals surface area contributed by atoms with Crippen LogP contribution in [0.3, 0.4) is 0 Å². The number of nitrogens with zero attached hydrogens (tertiary/aromatic N) is 3. The minimum absolute atomic E-state index is 0.0921. The number of benzene rings is 2. The highest BCUT2D eigenvalue weighted by atomic mass is 19.1. The highest BCUT2D eigenvalue weighted by molar-refractivity contribution is 6.11. The van der Waals surface area contributed by atoms with Gasteiger partial charge in [-0.25, -0.2) is 9.07 Å². The molecule has 0 fully saturated rings. The summed E-state index contributed by atoms with van der Waals surface area (Å²) in [6.07, 6.45) is 1.33. The Morgan fingerprint density at radius 3 is 2.67 bits per heavy atom. The molecule has 0 bridgehead atoms. The van der Waals surface area contributed by atoms with E-state index in [0.717, 1.165) is 6.07 Å². The third-order valence-electron chi connectivity index (χ3n) is 3.04. The maximum atomic E-state index is 13.3. The minimum Gasteiger partial charge on any atom is -0.398 e. The molecule has 0 spiro atoms. The smallest absolute Gasteiger partial charge is 0.215 e. The van der Waals surface area contributed by atoms with Crippen molar-refractivity contribution in [2.45, 2.75) is 0 Å². The van der Waals surface area contributed by atoms with Gasteiger partial charge in [0.25, 0.3) is 0 Å². The van der Waals surface area contributed by atoms with Gasteiger partial charge in [0.15, 0.2) is 0 Å². The first-order chi connectivity index (χ1) is 10.2. The lowest BCUT2D eigenvalue weighted by Gasteiger charge is -2.07. The highest BCUT2D eigenvalue weighted by Gasteiger charge is 2.19. The number of para-hydroxylation sites is 1. The fourth-order valence-corrected chi connectivity index (χ4v) is 2.01. The molecule has 3 rings (SSSR count). The molecule has 2 N–H and O–H groups in total. The van der Waals surface area contributed by atoms with Gasteiger partial charge in [0.1, 0.15) is 11.5 Å². The van der Waals surface area contributed by atoms with E-state index in [4.69, 9.17) is 5.73 Å². The molecule has 5 nitrogen and oxygen atoms in total. The van der Waals surface area contributed by atoms with Gasteiger partial charge in [-0.3, -0.25) is 4.79 Å². The van der Waals surface area contributed by atoms with Crippen LogP contribution >= 0.6 is 0 Å². The molecule has 0 unspecified atom stereocenters. The van der Waals surface area contributed by atoms with Crippen LogP contribution < -0.4 is 5.73 Å². The number of nitrogens with two attached hydrogens (primary N) is 1. The summed E-state index contributed by atoms with van der Waals surface area (Å²) >= 11 is 0. The number of carbonyl (C=O) groups is 1. The van der Waals surface area contributed by atoms with Gasteiger partial charge in [-0.05, 0) is 30.3 Å². The largest absolute Gasteiger partial charge is 0.398 e. The van der Waals surface area contributed by atoms with Crippen LogP contribution in [0.1, 0.15) is 16.1 Å². The zero-order valence-corrected chi connectivity index (χ0v) is 10.9. The number of ketones is 1. The van der Waals surface area contributed by atoms with Crippen LogP contribution in [0.5, 0.6) is 0 Å². The zero-order chi connectivity index (χ0) is 14.8. The normalized spacial score (nSPS) is 10.5. The molecule has 0 aliphatic rings. The summed E-state index contributed by atoms with van der Waals surface area (Å²) in [6.45, 7) is 0. The third-order valence-corrected chi connectivity index (χ3v) is 3.04. The second-order valence-corrected chi connectivity index (χ2v) is 4.43. The fraction of sp³-hybridized carbons (Fsp3) is 0. The maximum absolute atomic E-state index is 13.3. The number of rotatable bonds is 3. The summed E-state index contributed by atoms with van der Waals surface area (Å²) < 4.78 is 14.7. The average Bonchev–Trinajstić information content (AvgIpc) is 2.99. The van der Waals surface area contributed by atoms with E-state index < -0.39 is 11.6 Å². The molecule has 1 aromatic heterocycles. The molecule has 1 heterocycles.